The number of amides is 2. The molecule has 8 nitrogen and oxygen atoms in total. The van der Waals surface area contributed by atoms with E-state index in [0.29, 0.717) is 11.5 Å². The van der Waals surface area contributed by atoms with Crippen molar-refractivity contribution in [3.63, 3.8) is 0 Å². The van der Waals surface area contributed by atoms with Gasteiger partial charge in [-0.25, -0.2) is 14.8 Å². The van der Waals surface area contributed by atoms with Crippen molar-refractivity contribution in [2.75, 3.05) is 49.2 Å². The number of hydrogen-bond acceptors (Lipinski definition) is 6. The van der Waals surface area contributed by atoms with Gasteiger partial charge < -0.3 is 20.9 Å². The van der Waals surface area contributed by atoms with Crippen LogP contribution < -0.4 is 16.0 Å². The normalized spacial score (nSPS) is 14.2. The highest BCUT2D eigenvalue weighted by Crippen LogP contribution is 2.26. The maximum Gasteiger partial charge on any atom is 0.323 e. The highest BCUT2D eigenvalue weighted by molar-refractivity contribution is 6.02. The third-order valence-electron chi connectivity index (χ3n) is 6.40. The zero-order chi connectivity index (χ0) is 25.6. The number of terminal acetylenes is 1. The van der Waals surface area contributed by atoms with Crippen molar-refractivity contribution >= 4 is 39.8 Å². The molecule has 2 amide bonds. The van der Waals surface area contributed by atoms with Crippen molar-refractivity contribution in [1.82, 2.24) is 19.8 Å². The summed E-state index contributed by atoms with van der Waals surface area (Å²) in [6.45, 7) is 5.26. The average Bonchev–Trinajstić information content (AvgIpc) is 2.91. The topological polar surface area (TPSA) is 85.4 Å². The molecule has 1 saturated heterocycles. The molecule has 0 spiro atoms. The molecule has 4 aromatic rings. The van der Waals surface area contributed by atoms with E-state index >= 15 is 0 Å². The van der Waals surface area contributed by atoms with Gasteiger partial charge in [0.15, 0.2) is 0 Å². The quantitative estimate of drug-likeness (QED) is 0.338. The molecule has 0 aliphatic carbocycles. The molecular weight excluding hydrogens is 462 g/mol. The number of piperazine rings is 1. The van der Waals surface area contributed by atoms with E-state index in [2.05, 4.69) is 60.8 Å². The van der Waals surface area contributed by atoms with Gasteiger partial charge in [0.05, 0.1) is 5.52 Å². The molecule has 1 aromatic heterocycles. The van der Waals surface area contributed by atoms with E-state index < -0.39 is 0 Å². The molecule has 0 radical (unpaired) electrons. The molecule has 5 rings (SSSR count). The van der Waals surface area contributed by atoms with Crippen LogP contribution >= 0.6 is 0 Å². The Hall–Kier alpha value is -4.45. The number of nitrogens with zero attached hydrogens (tertiary/aromatic N) is 4. The first-order chi connectivity index (χ1) is 18.1. The van der Waals surface area contributed by atoms with Crippen molar-refractivity contribution in [3.8, 4) is 12.3 Å². The zero-order valence-corrected chi connectivity index (χ0v) is 20.7. The van der Waals surface area contributed by atoms with Crippen LogP contribution in [0.5, 0.6) is 0 Å². The summed E-state index contributed by atoms with van der Waals surface area (Å²) >= 11 is 0. The predicted molar refractivity (Wildman–Crippen MR) is 149 cm³/mol. The summed E-state index contributed by atoms with van der Waals surface area (Å²) in [6, 6.07) is 20.7. The van der Waals surface area contributed by atoms with Gasteiger partial charge in [0.1, 0.15) is 12.1 Å². The number of carbonyl (C=O) groups is 1. The number of hydrogen-bond donors (Lipinski definition) is 3. The summed E-state index contributed by atoms with van der Waals surface area (Å²) in [7, 11) is 2.16. The molecule has 1 fully saturated rings. The Kier molecular flexibility index (Phi) is 7.26. The van der Waals surface area contributed by atoms with E-state index in [0.717, 1.165) is 60.6 Å². The minimum Gasteiger partial charge on any atom is -0.340 e. The molecule has 8 heteroatoms. The number of urea groups is 1. The molecular formula is C29H29N7O. The van der Waals surface area contributed by atoms with Crippen molar-refractivity contribution in [1.29, 1.82) is 0 Å². The van der Waals surface area contributed by atoms with Gasteiger partial charge in [0.25, 0.3) is 0 Å². The number of nitrogens with one attached hydrogen (secondary N) is 3. The summed E-state index contributed by atoms with van der Waals surface area (Å²) in [5.74, 6) is 3.26. The summed E-state index contributed by atoms with van der Waals surface area (Å²) in [6.07, 6.45) is 7.02. The van der Waals surface area contributed by atoms with Gasteiger partial charge in [-0.2, -0.15) is 0 Å². The Balaban J connectivity index is 1.23. The smallest absolute Gasteiger partial charge is 0.323 e. The maximum atomic E-state index is 12.7. The molecule has 2 heterocycles. The van der Waals surface area contributed by atoms with Crippen molar-refractivity contribution in [3.05, 3.63) is 84.2 Å². The summed E-state index contributed by atoms with van der Waals surface area (Å²) in [5, 5.41) is 9.89. The number of aromatic nitrogens is 2. The minimum absolute atomic E-state index is 0.320. The predicted octanol–water partition coefficient (Wildman–Crippen LogP) is 4.75. The van der Waals surface area contributed by atoms with E-state index in [-0.39, 0.29) is 6.03 Å². The number of carbonyl (C=O) groups excluding carboxylic acids is 1. The Morgan fingerprint density at radius 2 is 1.68 bits per heavy atom. The van der Waals surface area contributed by atoms with Crippen LogP contribution in [0.4, 0.5) is 27.7 Å². The number of fused-ring (bicyclic) bond motifs is 1. The lowest BCUT2D eigenvalue weighted by Gasteiger charge is -2.32. The van der Waals surface area contributed by atoms with Gasteiger partial charge in [0.2, 0.25) is 0 Å². The second kappa shape index (κ2) is 11.1. The highest BCUT2D eigenvalue weighted by Gasteiger charge is 2.14. The van der Waals surface area contributed by atoms with E-state index in [4.69, 9.17) is 6.42 Å². The van der Waals surface area contributed by atoms with Gasteiger partial charge in [0, 0.05) is 60.7 Å². The fourth-order valence-electron chi connectivity index (χ4n) is 4.31. The lowest BCUT2D eigenvalue weighted by molar-refractivity contribution is 0.148. The molecule has 1 aliphatic heterocycles. The zero-order valence-electron chi connectivity index (χ0n) is 20.7. The van der Waals surface area contributed by atoms with Gasteiger partial charge in [-0.05, 0) is 61.1 Å². The lowest BCUT2D eigenvalue weighted by Crippen LogP contribution is -2.43. The molecule has 3 aromatic carbocycles. The first-order valence-electron chi connectivity index (χ1n) is 12.2. The van der Waals surface area contributed by atoms with Gasteiger partial charge in [-0.15, -0.1) is 6.42 Å². The molecule has 1 aliphatic rings. The van der Waals surface area contributed by atoms with Crippen LogP contribution in [0.2, 0.25) is 0 Å². The molecule has 0 unspecified atom stereocenters. The number of rotatable bonds is 6. The third-order valence-corrected chi connectivity index (χ3v) is 6.40. The minimum atomic E-state index is -0.320. The summed E-state index contributed by atoms with van der Waals surface area (Å²) in [5.41, 5.74) is 4.95. The largest absolute Gasteiger partial charge is 0.340 e. The second-order valence-electron chi connectivity index (χ2n) is 9.16. The fraction of sp³-hybridized carbons (Fsp3) is 0.207. The van der Waals surface area contributed by atoms with Crippen LogP contribution in [0.15, 0.2) is 73.1 Å². The Morgan fingerprint density at radius 3 is 2.46 bits per heavy atom. The van der Waals surface area contributed by atoms with Crippen LogP contribution in [0.25, 0.3) is 10.9 Å². The van der Waals surface area contributed by atoms with Gasteiger partial charge in [-0.1, -0.05) is 24.1 Å². The molecule has 37 heavy (non-hydrogen) atoms. The Morgan fingerprint density at radius 1 is 0.919 bits per heavy atom. The molecule has 0 atom stereocenters. The molecule has 186 valence electrons. The van der Waals surface area contributed by atoms with E-state index in [1.807, 2.05) is 54.6 Å². The van der Waals surface area contributed by atoms with Crippen LogP contribution in [-0.4, -0.2) is 59.0 Å². The van der Waals surface area contributed by atoms with E-state index in [1.165, 1.54) is 11.9 Å². The number of likely N-dealkylation sites (N-methyl/N-ethyl adjacent to an activating group) is 1. The molecule has 0 saturated carbocycles. The first-order valence-corrected chi connectivity index (χ1v) is 12.2. The molecule has 0 bridgehead atoms. The number of benzene rings is 3. The maximum absolute atomic E-state index is 12.7. The Labute approximate surface area is 216 Å². The lowest BCUT2D eigenvalue weighted by atomic mass is 10.1. The summed E-state index contributed by atoms with van der Waals surface area (Å²) in [4.78, 5) is 26.2. The van der Waals surface area contributed by atoms with E-state index in [9.17, 15) is 4.79 Å². The van der Waals surface area contributed by atoms with Crippen LogP contribution in [0.3, 0.4) is 0 Å². The van der Waals surface area contributed by atoms with Gasteiger partial charge in [-0.3, -0.25) is 4.90 Å². The van der Waals surface area contributed by atoms with Crippen molar-refractivity contribution in [2.45, 2.75) is 6.54 Å². The monoisotopic (exact) mass is 491 g/mol. The second-order valence-corrected chi connectivity index (χ2v) is 9.16. The van der Waals surface area contributed by atoms with Gasteiger partial charge >= 0.3 is 6.03 Å². The Bertz CT molecular complexity index is 1440. The standard InChI is InChI=1S/C29H29N7O/c1-3-21-5-4-6-24(17-21)32-28-26-18-25(11-12-27(26)30-20-31-28)34-29(37)33-23-9-7-22(8-10-23)19-36-15-13-35(2)14-16-36/h1,4-12,17-18,20H,13-16,19H2,2H3,(H,30,31,32)(H2,33,34,37). The number of anilines is 4. The summed E-state index contributed by atoms with van der Waals surface area (Å²) < 4.78 is 0. The van der Waals surface area contributed by atoms with Crippen LogP contribution in [0.1, 0.15) is 11.1 Å². The molecule has 3 N–H and O–H groups in total. The van der Waals surface area contributed by atoms with Crippen LogP contribution in [-0.2, 0) is 6.54 Å². The third kappa shape index (κ3) is 6.22. The van der Waals surface area contributed by atoms with Crippen molar-refractivity contribution < 1.29 is 4.79 Å². The SMILES string of the molecule is C#Cc1cccc(Nc2ncnc3ccc(NC(=O)Nc4ccc(CN5CCN(C)CC5)cc4)cc23)c1. The first kappa shape index (κ1) is 24.3. The van der Waals surface area contributed by atoms with Crippen molar-refractivity contribution in [2.24, 2.45) is 0 Å². The highest BCUT2D eigenvalue weighted by atomic mass is 16.2. The van der Waals surface area contributed by atoms with E-state index in [1.54, 1.807) is 0 Å². The average molecular weight is 492 g/mol. The van der Waals surface area contributed by atoms with Crippen LogP contribution in [0, 0.1) is 12.3 Å². The fourth-order valence-corrected chi connectivity index (χ4v) is 4.31.